The zero-order valence-corrected chi connectivity index (χ0v) is 12.8. The first-order valence-electron chi connectivity index (χ1n) is 6.00. The number of amides is 1. The molecule has 1 atom stereocenters. The number of halogens is 2. The highest BCUT2D eigenvalue weighted by Crippen LogP contribution is 2.25. The van der Waals surface area contributed by atoms with Crippen molar-refractivity contribution in [3.05, 3.63) is 45.5 Å². The van der Waals surface area contributed by atoms with Gasteiger partial charge in [-0.25, -0.2) is 4.98 Å². The minimum atomic E-state index is -0.270. The molecule has 0 saturated carbocycles. The van der Waals surface area contributed by atoms with Gasteiger partial charge in [-0.05, 0) is 31.5 Å². The Balaban J connectivity index is 2.19. The maximum Gasteiger partial charge on any atom is 0.251 e. The maximum atomic E-state index is 12.2. The fourth-order valence-corrected chi connectivity index (χ4v) is 2.31. The number of carbonyl (C=O) groups is 1. The second-order valence-electron chi connectivity index (χ2n) is 4.50. The number of aryl methyl sites for hydroxylation is 1. The van der Waals surface area contributed by atoms with Gasteiger partial charge in [-0.1, -0.05) is 23.2 Å². The summed E-state index contributed by atoms with van der Waals surface area (Å²) in [5.41, 5.74) is 1.17. The van der Waals surface area contributed by atoms with Crippen molar-refractivity contribution in [2.45, 2.75) is 19.9 Å². The lowest BCUT2D eigenvalue weighted by molar-refractivity contribution is 0.0937. The average molecular weight is 313 g/mol. The van der Waals surface area contributed by atoms with Crippen LogP contribution in [0.3, 0.4) is 0 Å². The van der Waals surface area contributed by atoms with Gasteiger partial charge in [0.15, 0.2) is 0 Å². The molecular formula is C13H14Cl2N4O. The third-order valence-corrected chi connectivity index (χ3v) is 3.81. The summed E-state index contributed by atoms with van der Waals surface area (Å²) >= 11 is 12.1. The molecule has 1 aromatic carbocycles. The molecule has 0 aliphatic carbocycles. The fourth-order valence-electron chi connectivity index (χ4n) is 1.82. The van der Waals surface area contributed by atoms with E-state index in [1.165, 1.54) is 6.33 Å². The van der Waals surface area contributed by atoms with E-state index in [9.17, 15) is 4.79 Å². The lowest BCUT2D eigenvalue weighted by Crippen LogP contribution is -2.28. The first-order valence-corrected chi connectivity index (χ1v) is 6.76. The van der Waals surface area contributed by atoms with E-state index in [-0.39, 0.29) is 11.9 Å². The number of aromatic nitrogens is 3. The molecule has 1 N–H and O–H groups in total. The topological polar surface area (TPSA) is 59.8 Å². The Morgan fingerprint density at radius 2 is 1.95 bits per heavy atom. The van der Waals surface area contributed by atoms with Crippen LogP contribution in [0.1, 0.15) is 34.7 Å². The summed E-state index contributed by atoms with van der Waals surface area (Å²) in [6.45, 7) is 3.63. The fraction of sp³-hybridized carbons (Fsp3) is 0.308. The molecule has 2 aromatic rings. The van der Waals surface area contributed by atoms with E-state index < -0.39 is 0 Å². The van der Waals surface area contributed by atoms with E-state index in [1.807, 2.05) is 6.92 Å². The van der Waals surface area contributed by atoms with Gasteiger partial charge in [-0.3, -0.25) is 9.48 Å². The molecule has 1 heterocycles. The van der Waals surface area contributed by atoms with Gasteiger partial charge in [0.25, 0.3) is 5.91 Å². The van der Waals surface area contributed by atoms with Gasteiger partial charge in [0.05, 0.1) is 6.04 Å². The molecule has 0 aliphatic heterocycles. The first kappa shape index (κ1) is 14.8. The summed E-state index contributed by atoms with van der Waals surface area (Å²) in [5, 5.41) is 7.74. The molecule has 0 spiro atoms. The number of rotatable bonds is 3. The summed E-state index contributed by atoms with van der Waals surface area (Å²) in [6, 6.07) is 2.93. The molecule has 0 saturated heterocycles. The van der Waals surface area contributed by atoms with Crippen molar-refractivity contribution in [2.24, 2.45) is 7.05 Å². The second kappa shape index (κ2) is 5.81. The summed E-state index contributed by atoms with van der Waals surface area (Å²) < 4.78 is 1.61. The quantitative estimate of drug-likeness (QED) is 0.948. The summed E-state index contributed by atoms with van der Waals surface area (Å²) in [5.74, 6) is 0.409. The zero-order chi connectivity index (χ0) is 14.9. The minimum Gasteiger partial charge on any atom is -0.342 e. The van der Waals surface area contributed by atoms with Crippen molar-refractivity contribution in [2.75, 3.05) is 0 Å². The van der Waals surface area contributed by atoms with Crippen LogP contribution in [0, 0.1) is 6.92 Å². The highest BCUT2D eigenvalue weighted by Gasteiger charge is 2.16. The van der Waals surface area contributed by atoms with Crippen molar-refractivity contribution in [1.82, 2.24) is 20.1 Å². The summed E-state index contributed by atoms with van der Waals surface area (Å²) in [4.78, 5) is 16.3. The van der Waals surface area contributed by atoms with Crippen LogP contribution >= 0.6 is 23.2 Å². The standard InChI is InChI=1S/C13H14Cl2N4O/c1-7-10(14)4-9(5-11(7)15)13(20)18-8(2)12-16-6-17-19(12)3/h4-6,8H,1-3H3,(H,18,20)/t8-/m1/s1. The van der Waals surface area contributed by atoms with E-state index in [2.05, 4.69) is 15.4 Å². The molecule has 0 bridgehead atoms. The van der Waals surface area contributed by atoms with Crippen molar-refractivity contribution in [3.63, 3.8) is 0 Å². The zero-order valence-electron chi connectivity index (χ0n) is 11.3. The second-order valence-corrected chi connectivity index (χ2v) is 5.32. The SMILES string of the molecule is Cc1c(Cl)cc(C(=O)N[C@H](C)c2ncnn2C)cc1Cl. The van der Waals surface area contributed by atoms with Gasteiger partial charge in [0, 0.05) is 22.7 Å². The van der Waals surface area contributed by atoms with Crippen molar-refractivity contribution in [3.8, 4) is 0 Å². The number of hydrogen-bond acceptors (Lipinski definition) is 3. The van der Waals surface area contributed by atoms with Gasteiger partial charge in [0.1, 0.15) is 12.2 Å². The Bertz CT molecular complexity index is 631. The van der Waals surface area contributed by atoms with Gasteiger partial charge < -0.3 is 5.32 Å². The summed E-state index contributed by atoms with van der Waals surface area (Å²) in [7, 11) is 1.77. The molecule has 5 nitrogen and oxygen atoms in total. The van der Waals surface area contributed by atoms with Crippen LogP contribution in [0.25, 0.3) is 0 Å². The van der Waals surface area contributed by atoms with Crippen molar-refractivity contribution >= 4 is 29.1 Å². The lowest BCUT2D eigenvalue weighted by Gasteiger charge is -2.13. The number of hydrogen-bond donors (Lipinski definition) is 1. The van der Waals surface area contributed by atoms with E-state index >= 15 is 0 Å². The monoisotopic (exact) mass is 312 g/mol. The van der Waals surface area contributed by atoms with E-state index in [1.54, 1.807) is 30.8 Å². The van der Waals surface area contributed by atoms with E-state index in [0.717, 1.165) is 5.56 Å². The number of nitrogens with one attached hydrogen (secondary N) is 1. The minimum absolute atomic E-state index is 0.260. The van der Waals surface area contributed by atoms with Gasteiger partial charge in [0.2, 0.25) is 0 Å². The first-order chi connectivity index (χ1) is 9.40. The van der Waals surface area contributed by atoms with Crippen LogP contribution in [0.5, 0.6) is 0 Å². The Morgan fingerprint density at radius 3 is 2.45 bits per heavy atom. The normalized spacial score (nSPS) is 12.2. The van der Waals surface area contributed by atoms with Crippen molar-refractivity contribution < 1.29 is 4.79 Å². The molecule has 0 fully saturated rings. The molecule has 106 valence electrons. The Labute approximate surface area is 126 Å². The smallest absolute Gasteiger partial charge is 0.251 e. The molecule has 20 heavy (non-hydrogen) atoms. The Hall–Kier alpha value is -1.59. The lowest BCUT2D eigenvalue weighted by atomic mass is 10.1. The van der Waals surface area contributed by atoms with E-state index in [0.29, 0.717) is 21.4 Å². The highest BCUT2D eigenvalue weighted by molar-refractivity contribution is 6.36. The van der Waals surface area contributed by atoms with Crippen molar-refractivity contribution in [1.29, 1.82) is 0 Å². The highest BCUT2D eigenvalue weighted by atomic mass is 35.5. The number of benzene rings is 1. The van der Waals surface area contributed by atoms with Gasteiger partial charge in [-0.2, -0.15) is 5.10 Å². The average Bonchev–Trinajstić information content (AvgIpc) is 2.81. The predicted molar refractivity (Wildman–Crippen MR) is 78.1 cm³/mol. The van der Waals surface area contributed by atoms with Crippen LogP contribution in [0.4, 0.5) is 0 Å². The number of nitrogens with zero attached hydrogens (tertiary/aromatic N) is 3. The molecule has 1 amide bonds. The third kappa shape index (κ3) is 2.94. The predicted octanol–water partition coefficient (Wildman–Crippen LogP) is 2.92. The van der Waals surface area contributed by atoms with Crippen LogP contribution in [0.2, 0.25) is 10.0 Å². The third-order valence-electron chi connectivity index (χ3n) is 3.02. The van der Waals surface area contributed by atoms with Crippen LogP contribution in [-0.4, -0.2) is 20.7 Å². The molecular weight excluding hydrogens is 299 g/mol. The molecule has 0 aliphatic rings. The largest absolute Gasteiger partial charge is 0.342 e. The Morgan fingerprint density at radius 1 is 1.35 bits per heavy atom. The number of carbonyl (C=O) groups excluding carboxylic acids is 1. The molecule has 7 heteroatoms. The van der Waals surface area contributed by atoms with Crippen LogP contribution < -0.4 is 5.32 Å². The molecule has 1 aromatic heterocycles. The maximum absolute atomic E-state index is 12.2. The summed E-state index contributed by atoms with van der Waals surface area (Å²) in [6.07, 6.45) is 1.44. The molecule has 2 rings (SSSR count). The van der Waals surface area contributed by atoms with E-state index in [4.69, 9.17) is 23.2 Å². The Kier molecular flexibility index (Phi) is 4.30. The molecule has 0 unspecified atom stereocenters. The molecule has 0 radical (unpaired) electrons. The van der Waals surface area contributed by atoms with Gasteiger partial charge in [-0.15, -0.1) is 0 Å². The van der Waals surface area contributed by atoms with Crippen LogP contribution in [-0.2, 0) is 7.05 Å². The van der Waals surface area contributed by atoms with Gasteiger partial charge >= 0.3 is 0 Å². The van der Waals surface area contributed by atoms with Crippen LogP contribution in [0.15, 0.2) is 18.5 Å².